The number of hydrogen-bond donors (Lipinski definition) is 2. The van der Waals surface area contributed by atoms with Crippen molar-refractivity contribution in [3.8, 4) is 11.5 Å². The zero-order valence-corrected chi connectivity index (χ0v) is 16.8. The van der Waals surface area contributed by atoms with E-state index in [1.807, 2.05) is 13.8 Å². The molecule has 8 heteroatoms. The van der Waals surface area contributed by atoms with Crippen molar-refractivity contribution < 1.29 is 36.6 Å². The van der Waals surface area contributed by atoms with E-state index in [1.54, 1.807) is 13.0 Å². The van der Waals surface area contributed by atoms with E-state index < -0.39 is 29.4 Å². The van der Waals surface area contributed by atoms with E-state index in [-0.39, 0.29) is 35.0 Å². The van der Waals surface area contributed by atoms with Gasteiger partial charge in [0, 0.05) is 0 Å². The summed E-state index contributed by atoms with van der Waals surface area (Å²) in [6.45, 7) is 5.38. The molecule has 166 valence electrons. The lowest BCUT2D eigenvalue weighted by molar-refractivity contribution is -0.143. The van der Waals surface area contributed by atoms with E-state index in [4.69, 9.17) is 0 Å². The minimum absolute atomic E-state index is 0.0173. The molecule has 2 aromatic carbocycles. The number of aromatic hydroxyl groups is 2. The summed E-state index contributed by atoms with van der Waals surface area (Å²) in [6, 6.07) is 6.10. The Morgan fingerprint density at radius 3 is 1.73 bits per heavy atom. The molecule has 30 heavy (non-hydrogen) atoms. The number of hydrogen-bond acceptors (Lipinski definition) is 2. The summed E-state index contributed by atoms with van der Waals surface area (Å²) in [7, 11) is 0. The highest BCUT2D eigenvalue weighted by Gasteiger charge is 2.37. The topological polar surface area (TPSA) is 40.5 Å². The lowest BCUT2D eigenvalue weighted by Gasteiger charge is -2.27. The maximum Gasteiger partial charge on any atom is 0.416 e. The fourth-order valence-corrected chi connectivity index (χ4v) is 3.67. The number of phenols is 2. The van der Waals surface area contributed by atoms with Gasteiger partial charge < -0.3 is 10.2 Å². The van der Waals surface area contributed by atoms with Crippen LogP contribution < -0.4 is 0 Å². The number of alkyl halides is 6. The van der Waals surface area contributed by atoms with Gasteiger partial charge in [0.15, 0.2) is 11.5 Å². The maximum atomic E-state index is 13.1. The van der Waals surface area contributed by atoms with Crippen LogP contribution in [0.4, 0.5) is 26.3 Å². The molecule has 0 bridgehead atoms. The smallest absolute Gasteiger partial charge is 0.416 e. The molecule has 0 aliphatic carbocycles. The zero-order chi connectivity index (χ0) is 22.9. The highest BCUT2D eigenvalue weighted by Crippen LogP contribution is 2.41. The highest BCUT2D eigenvalue weighted by atomic mass is 19.4. The molecule has 0 saturated heterocycles. The van der Waals surface area contributed by atoms with Crippen LogP contribution >= 0.6 is 0 Å². The summed E-state index contributed by atoms with van der Waals surface area (Å²) in [5, 5.41) is 19.2. The Morgan fingerprint density at radius 1 is 0.767 bits per heavy atom. The van der Waals surface area contributed by atoms with E-state index in [1.165, 1.54) is 12.1 Å². The molecule has 0 aromatic heterocycles. The van der Waals surface area contributed by atoms with Crippen molar-refractivity contribution >= 4 is 0 Å². The quantitative estimate of drug-likeness (QED) is 0.366. The van der Waals surface area contributed by atoms with Crippen molar-refractivity contribution in [1.29, 1.82) is 0 Å². The van der Waals surface area contributed by atoms with Crippen molar-refractivity contribution in [3.05, 3.63) is 58.7 Å². The van der Waals surface area contributed by atoms with Crippen molar-refractivity contribution in [1.82, 2.24) is 0 Å². The Morgan fingerprint density at radius 2 is 1.30 bits per heavy atom. The molecule has 2 rings (SSSR count). The second-order valence-electron chi connectivity index (χ2n) is 7.68. The molecule has 2 N–H and O–H groups in total. The van der Waals surface area contributed by atoms with Crippen molar-refractivity contribution in [2.75, 3.05) is 0 Å². The highest BCUT2D eigenvalue weighted by molar-refractivity contribution is 5.42. The van der Waals surface area contributed by atoms with Gasteiger partial charge >= 0.3 is 12.4 Å². The molecule has 2 nitrogen and oxygen atoms in total. The second-order valence-corrected chi connectivity index (χ2v) is 7.68. The molecule has 0 aliphatic rings. The van der Waals surface area contributed by atoms with Crippen molar-refractivity contribution in [2.24, 2.45) is 5.92 Å². The Balaban J connectivity index is 2.34. The van der Waals surface area contributed by atoms with Crippen molar-refractivity contribution in [2.45, 2.75) is 57.8 Å². The Kier molecular flexibility index (Phi) is 6.99. The van der Waals surface area contributed by atoms with Crippen LogP contribution in [0.3, 0.4) is 0 Å². The van der Waals surface area contributed by atoms with E-state index in [0.29, 0.717) is 12.8 Å². The molecule has 0 amide bonds. The van der Waals surface area contributed by atoms with Crippen LogP contribution in [0, 0.1) is 5.92 Å². The van der Waals surface area contributed by atoms with Gasteiger partial charge in [0.05, 0.1) is 11.1 Å². The van der Waals surface area contributed by atoms with Crippen LogP contribution in [0.25, 0.3) is 0 Å². The third kappa shape index (κ3) is 5.61. The van der Waals surface area contributed by atoms with Crippen LogP contribution in [-0.2, 0) is 12.4 Å². The summed E-state index contributed by atoms with van der Waals surface area (Å²) in [5.74, 6) is -1.29. The molecule has 3 unspecified atom stereocenters. The fraction of sp³-hybridized carbons (Fsp3) is 0.455. The SMILES string of the molecule is CCC(CC(C)c1cc(C(F)(F)F)cc(C(F)(F)F)c1)C(C)c1ccc(O)c(O)c1. The summed E-state index contributed by atoms with van der Waals surface area (Å²) in [6.07, 6.45) is -8.76. The van der Waals surface area contributed by atoms with Gasteiger partial charge in [0.2, 0.25) is 0 Å². The lowest BCUT2D eigenvalue weighted by Crippen LogP contribution is -2.15. The predicted octanol–water partition coefficient (Wildman–Crippen LogP) is 7.46. The average Bonchev–Trinajstić information content (AvgIpc) is 2.65. The van der Waals surface area contributed by atoms with Gasteiger partial charge in [-0.2, -0.15) is 26.3 Å². The zero-order valence-electron chi connectivity index (χ0n) is 16.8. The predicted molar refractivity (Wildman–Crippen MR) is 101 cm³/mol. The lowest BCUT2D eigenvalue weighted by atomic mass is 9.78. The first-order chi connectivity index (χ1) is 13.7. The molecule has 0 saturated carbocycles. The molecule has 0 heterocycles. The molecule has 0 spiro atoms. The Bertz CT molecular complexity index is 841. The summed E-state index contributed by atoms with van der Waals surface area (Å²) in [5.41, 5.74) is -1.92. The largest absolute Gasteiger partial charge is 0.504 e. The minimum Gasteiger partial charge on any atom is -0.504 e. The van der Waals surface area contributed by atoms with E-state index in [2.05, 4.69) is 0 Å². The molecular formula is C22H24F6O2. The van der Waals surface area contributed by atoms with Gasteiger partial charge in [0.25, 0.3) is 0 Å². The van der Waals surface area contributed by atoms with Gasteiger partial charge in [-0.1, -0.05) is 33.3 Å². The van der Waals surface area contributed by atoms with Gasteiger partial charge in [-0.15, -0.1) is 0 Å². The third-order valence-electron chi connectivity index (χ3n) is 5.59. The van der Waals surface area contributed by atoms with E-state index in [9.17, 15) is 36.6 Å². The first-order valence-corrected chi connectivity index (χ1v) is 9.55. The molecule has 3 atom stereocenters. The van der Waals surface area contributed by atoms with Crippen LogP contribution in [0.15, 0.2) is 36.4 Å². The van der Waals surface area contributed by atoms with E-state index in [0.717, 1.165) is 17.7 Å². The maximum absolute atomic E-state index is 13.1. The second kappa shape index (κ2) is 8.78. The summed E-state index contributed by atoms with van der Waals surface area (Å²) >= 11 is 0. The van der Waals surface area contributed by atoms with Crippen LogP contribution in [0.5, 0.6) is 11.5 Å². The summed E-state index contributed by atoms with van der Waals surface area (Å²) in [4.78, 5) is 0. The third-order valence-corrected chi connectivity index (χ3v) is 5.59. The number of phenolic OH excluding ortho intramolecular Hbond substituents is 2. The molecule has 2 aromatic rings. The minimum atomic E-state index is -4.88. The monoisotopic (exact) mass is 434 g/mol. The first kappa shape index (κ1) is 23.9. The fourth-order valence-electron chi connectivity index (χ4n) is 3.67. The Labute approximate surface area is 171 Å². The van der Waals surface area contributed by atoms with Gasteiger partial charge in [-0.05, 0) is 65.6 Å². The van der Waals surface area contributed by atoms with Crippen molar-refractivity contribution in [3.63, 3.8) is 0 Å². The molecule has 0 aliphatic heterocycles. The standard InChI is InChI=1S/C22H24F6O2/c1-4-14(13(3)15-5-6-19(29)20(30)10-15)7-12(2)16-8-17(21(23,24)25)11-18(9-16)22(26,27)28/h5-6,8-14,29-30H,4,7H2,1-3H3. The van der Waals surface area contributed by atoms with Crippen LogP contribution in [0.2, 0.25) is 0 Å². The van der Waals surface area contributed by atoms with Gasteiger partial charge in [-0.3, -0.25) is 0 Å². The van der Waals surface area contributed by atoms with Gasteiger partial charge in [-0.25, -0.2) is 0 Å². The number of halogens is 6. The number of rotatable bonds is 6. The Hall–Kier alpha value is -2.38. The molecular weight excluding hydrogens is 410 g/mol. The summed E-state index contributed by atoms with van der Waals surface area (Å²) < 4.78 is 78.8. The van der Waals surface area contributed by atoms with Crippen LogP contribution in [-0.4, -0.2) is 10.2 Å². The molecule has 0 fully saturated rings. The first-order valence-electron chi connectivity index (χ1n) is 9.55. The molecule has 0 radical (unpaired) electrons. The van der Waals surface area contributed by atoms with E-state index >= 15 is 0 Å². The van der Waals surface area contributed by atoms with Gasteiger partial charge in [0.1, 0.15) is 0 Å². The van der Waals surface area contributed by atoms with Crippen LogP contribution in [0.1, 0.15) is 67.7 Å². The number of benzene rings is 2. The average molecular weight is 434 g/mol. The normalized spacial score (nSPS) is 15.6.